The van der Waals surface area contributed by atoms with Gasteiger partial charge < -0.3 is 65.5 Å². The Morgan fingerprint density at radius 2 is 1.53 bits per heavy atom. The number of phosphoric ester groups is 3. The minimum atomic E-state index is -5.86. The number of allylic oxidation sites excluding steroid dienone is 3. The molecule has 1 amide bonds. The number of hydrogen-bond donors (Lipinski definition) is 9. The molecule has 0 radical (unpaired) electrons. The molecule has 3 aliphatic heterocycles. The molecule has 26 nitrogen and oxygen atoms in total. The Kier molecular flexibility index (Phi) is 20.4. The number of carbonyl (C=O) groups excluding carboxylic acids is 2. The van der Waals surface area contributed by atoms with Crippen LogP contribution < -0.4 is 11.5 Å². The van der Waals surface area contributed by atoms with Crippen molar-refractivity contribution in [3.63, 3.8) is 0 Å². The van der Waals surface area contributed by atoms with Gasteiger partial charge in [0.2, 0.25) is 5.91 Å². The summed E-state index contributed by atoms with van der Waals surface area (Å²) in [6.45, 7) is -0.346. The number of nitrogens with two attached hydrogens (primary N) is 2. The monoisotopic (exact) mass is 1030 g/mol. The SMILES string of the molecule is CCCCCCCC/C=C\CCCCCCCC(=O)O[C@@]1(COP(=O)(O)OP(=O)(O)OC[C@H]2O[C@@H](N3C=CCC(C(N)=O)=C3)[C@H](O)[C@@H]2O)O[C@@H](n2cnc3c(N)ncnc32)[C@H](OP(=O)(O)O)[C@H]1O. The minimum absolute atomic E-state index is 0.0274. The van der Waals surface area contributed by atoms with E-state index in [0.29, 0.717) is 6.42 Å². The van der Waals surface area contributed by atoms with Crippen LogP contribution in [-0.2, 0) is 55.4 Å². The Balaban J connectivity index is 1.23. The number of esters is 1. The van der Waals surface area contributed by atoms with Crippen molar-refractivity contribution in [3.05, 3.63) is 48.9 Å². The van der Waals surface area contributed by atoms with Crippen molar-refractivity contribution in [1.29, 1.82) is 0 Å². The third-order valence-electron chi connectivity index (χ3n) is 11.1. The number of ether oxygens (including phenoxy) is 3. The number of hydrogen-bond acceptors (Lipinski definition) is 20. The van der Waals surface area contributed by atoms with Crippen molar-refractivity contribution in [2.75, 3.05) is 18.9 Å². The van der Waals surface area contributed by atoms with E-state index in [-0.39, 0.29) is 41.8 Å². The van der Waals surface area contributed by atoms with E-state index in [4.69, 9.17) is 39.2 Å². The predicted molar refractivity (Wildman–Crippen MR) is 237 cm³/mol. The first-order valence-electron chi connectivity index (χ1n) is 22.2. The predicted octanol–water partition coefficient (Wildman–Crippen LogP) is 3.34. The highest BCUT2D eigenvalue weighted by Gasteiger charge is 2.62. The van der Waals surface area contributed by atoms with Crippen LogP contribution in [-0.4, -0.2) is 127 Å². The second-order valence-electron chi connectivity index (χ2n) is 16.4. The normalized spacial score (nSPS) is 27.1. The molecule has 0 aromatic carbocycles. The van der Waals surface area contributed by atoms with E-state index >= 15 is 0 Å². The van der Waals surface area contributed by atoms with Crippen LogP contribution in [0.15, 0.2) is 48.9 Å². The van der Waals surface area contributed by atoms with Gasteiger partial charge in [-0.1, -0.05) is 76.5 Å². The van der Waals surface area contributed by atoms with Crippen molar-refractivity contribution in [2.24, 2.45) is 5.73 Å². The third-order valence-corrected chi connectivity index (χ3v) is 14.2. The lowest BCUT2D eigenvalue weighted by Gasteiger charge is -2.32. The molecule has 10 atom stereocenters. The molecule has 2 aromatic heterocycles. The maximum Gasteiger partial charge on any atom is 0.481 e. The zero-order valence-corrected chi connectivity index (χ0v) is 40.0. The smallest absolute Gasteiger partial charge is 0.427 e. The maximum atomic E-state index is 13.4. The number of imidazole rings is 1. The number of primary amides is 1. The zero-order valence-electron chi connectivity index (χ0n) is 37.4. The van der Waals surface area contributed by atoms with Gasteiger partial charge in [-0.3, -0.25) is 27.7 Å². The summed E-state index contributed by atoms with van der Waals surface area (Å²) in [4.78, 5) is 79.1. The first kappa shape index (κ1) is 55.4. The Labute approximate surface area is 391 Å². The fraction of sp³-hybridized carbons (Fsp3) is 0.667. The number of carbonyl (C=O) groups is 2. The molecule has 0 bridgehead atoms. The molecular weight excluding hydrogens is 963 g/mol. The van der Waals surface area contributed by atoms with Crippen LogP contribution in [0, 0.1) is 0 Å². The maximum absolute atomic E-state index is 13.4. The van der Waals surface area contributed by atoms with E-state index in [0.717, 1.165) is 49.3 Å². The second kappa shape index (κ2) is 25.0. The first-order chi connectivity index (χ1) is 32.2. The number of aromatic nitrogens is 4. The molecule has 5 heterocycles. The average Bonchev–Trinajstić information content (AvgIpc) is 3.91. The van der Waals surface area contributed by atoms with Gasteiger partial charge in [0.15, 0.2) is 30.0 Å². The molecule has 3 aliphatic rings. The van der Waals surface area contributed by atoms with Crippen LogP contribution in [0.3, 0.4) is 0 Å². The molecular formula is C39H62N7O19P3. The summed E-state index contributed by atoms with van der Waals surface area (Å²) in [5.74, 6) is -4.91. The number of anilines is 1. The lowest BCUT2D eigenvalue weighted by molar-refractivity contribution is -0.267. The molecule has 2 unspecified atom stereocenters. The van der Waals surface area contributed by atoms with Gasteiger partial charge in [0, 0.05) is 24.4 Å². The van der Waals surface area contributed by atoms with E-state index in [2.05, 4.69) is 38.3 Å². The van der Waals surface area contributed by atoms with Gasteiger partial charge >= 0.3 is 29.4 Å². The number of rotatable bonds is 29. The van der Waals surface area contributed by atoms with Crippen molar-refractivity contribution in [3.8, 4) is 0 Å². The molecule has 2 saturated heterocycles. The Hall–Kier alpha value is -3.52. The van der Waals surface area contributed by atoms with Crippen LogP contribution in [0.25, 0.3) is 11.2 Å². The largest absolute Gasteiger partial charge is 0.481 e. The highest BCUT2D eigenvalue weighted by molar-refractivity contribution is 7.61. The van der Waals surface area contributed by atoms with Crippen LogP contribution in [0.2, 0.25) is 0 Å². The van der Waals surface area contributed by atoms with Gasteiger partial charge in [-0.15, -0.1) is 0 Å². The third kappa shape index (κ3) is 15.7. The summed E-state index contributed by atoms with van der Waals surface area (Å²) >= 11 is 0. The highest BCUT2D eigenvalue weighted by atomic mass is 31.3. The Morgan fingerprint density at radius 3 is 2.19 bits per heavy atom. The van der Waals surface area contributed by atoms with Crippen molar-refractivity contribution in [2.45, 2.75) is 152 Å². The molecule has 0 spiro atoms. The molecule has 2 fully saturated rings. The van der Waals surface area contributed by atoms with Gasteiger partial charge in [-0.05, 0) is 38.5 Å². The van der Waals surface area contributed by atoms with E-state index in [1.807, 2.05) is 0 Å². The summed E-state index contributed by atoms with van der Waals surface area (Å²) < 4.78 is 75.6. The quantitative estimate of drug-likeness (QED) is 0.0244. The number of aliphatic hydroxyl groups excluding tert-OH is 3. The summed E-state index contributed by atoms with van der Waals surface area (Å²) in [7, 11) is -17.1. The lowest BCUT2D eigenvalue weighted by atomic mass is 10.1. The second-order valence-corrected chi connectivity index (χ2v) is 20.6. The fourth-order valence-corrected chi connectivity index (χ4v) is 10.3. The fourth-order valence-electron chi connectivity index (χ4n) is 7.63. The van der Waals surface area contributed by atoms with Crippen LogP contribution in [0.5, 0.6) is 0 Å². The number of fused-ring (bicyclic) bond motifs is 1. The molecule has 2 aromatic rings. The number of unbranched alkanes of at least 4 members (excludes halogenated alkanes) is 11. The first-order valence-corrected chi connectivity index (χ1v) is 26.7. The van der Waals surface area contributed by atoms with Crippen LogP contribution in [0.1, 0.15) is 109 Å². The molecule has 382 valence electrons. The van der Waals surface area contributed by atoms with Crippen molar-refractivity contribution in [1.82, 2.24) is 24.4 Å². The highest BCUT2D eigenvalue weighted by Crippen LogP contribution is 2.61. The molecule has 0 saturated carbocycles. The molecule has 11 N–H and O–H groups in total. The van der Waals surface area contributed by atoms with Crippen molar-refractivity contribution >= 4 is 52.3 Å². The summed E-state index contributed by atoms with van der Waals surface area (Å²) in [5, 5.41) is 32.9. The Morgan fingerprint density at radius 1 is 0.882 bits per heavy atom. The van der Waals surface area contributed by atoms with E-state index in [1.54, 1.807) is 0 Å². The number of nitrogens with zero attached hydrogens (tertiary/aromatic N) is 5. The molecule has 68 heavy (non-hydrogen) atoms. The Bertz CT molecular complexity index is 2250. The topological polar surface area (TPSA) is 390 Å². The molecule has 5 rings (SSSR count). The summed E-state index contributed by atoms with van der Waals surface area (Å²) in [5.41, 5.74) is 11.2. The number of aliphatic hydroxyl groups is 3. The van der Waals surface area contributed by atoms with Gasteiger partial charge in [0.1, 0.15) is 42.9 Å². The standard InChI is InChI=1S/C39H62N7O19P3/c1-2-3-4-5-6-7-8-9-10-11-12-13-14-15-16-19-28(47)62-39(33(50)32(64-66(52,53)54)38(63-39)46-25-44-29-34(40)42-24-43-36(29)46)23-60-68(57,58)65-67(55,56)59-22-27-30(48)31(49)37(61-27)45-20-17-18-26(21-45)35(41)51/h9-10,17,20-21,24-25,27,30-33,37-38,48-50H,2-8,11-16,18-19,22-23H2,1H3,(H2,41,51)(H,55,56)(H,57,58)(H2,40,42,43)(H2,52,53,54)/b10-9-/t27-,30-,31-,32-,33-,37-,38-,39+/m1/s1. The van der Waals surface area contributed by atoms with E-state index in [9.17, 15) is 58.2 Å². The van der Waals surface area contributed by atoms with E-state index < -0.39 is 97.3 Å². The van der Waals surface area contributed by atoms with Crippen molar-refractivity contribution < 1.29 is 90.3 Å². The van der Waals surface area contributed by atoms with Crippen LogP contribution >= 0.6 is 23.5 Å². The minimum Gasteiger partial charge on any atom is -0.427 e. The van der Waals surface area contributed by atoms with Gasteiger partial charge in [0.05, 0.1) is 12.9 Å². The number of amides is 1. The summed E-state index contributed by atoms with van der Waals surface area (Å²) in [6.07, 6.45) is 10.5. The van der Waals surface area contributed by atoms with Gasteiger partial charge in [-0.2, -0.15) is 4.31 Å². The zero-order chi connectivity index (χ0) is 49.7. The van der Waals surface area contributed by atoms with Crippen LogP contribution in [0.4, 0.5) is 5.82 Å². The molecule has 0 aliphatic carbocycles. The average molecular weight is 1030 g/mol. The number of phosphoric acid groups is 3. The summed E-state index contributed by atoms with van der Waals surface area (Å²) in [6, 6.07) is 0. The number of nitrogen functional groups attached to an aromatic ring is 1. The molecule has 29 heteroatoms. The van der Waals surface area contributed by atoms with Gasteiger partial charge in [-0.25, -0.2) is 28.6 Å². The van der Waals surface area contributed by atoms with E-state index in [1.165, 1.54) is 61.9 Å². The lowest BCUT2D eigenvalue weighted by Crippen LogP contribution is -2.50. The van der Waals surface area contributed by atoms with Gasteiger partial charge in [0.25, 0.3) is 5.79 Å².